The number of hydrogen-bond acceptors (Lipinski definition) is 7. The number of carbonyl (C=O) groups excluding carboxylic acids is 3. The second kappa shape index (κ2) is 8.02. The largest absolute Gasteiger partial charge is 0.479 e. The lowest BCUT2D eigenvalue weighted by atomic mass is 10.2. The van der Waals surface area contributed by atoms with Gasteiger partial charge in [-0.05, 0) is 6.92 Å². The van der Waals surface area contributed by atoms with Gasteiger partial charge in [-0.3, -0.25) is 14.9 Å². The smallest absolute Gasteiger partial charge is 0.335 e. The minimum atomic E-state index is -2.34. The van der Waals surface area contributed by atoms with Gasteiger partial charge in [-0.15, -0.1) is 0 Å². The fraction of sp³-hybridized carbons (Fsp3) is 0.455. The topological polar surface area (TPSA) is 150 Å². The number of hydrogen-bond donors (Lipinski definition) is 4. The van der Waals surface area contributed by atoms with Gasteiger partial charge in [0, 0.05) is 5.57 Å². The molecule has 0 aliphatic carbocycles. The highest BCUT2D eigenvalue weighted by Gasteiger charge is 2.30. The molecule has 0 bridgehead atoms. The van der Waals surface area contributed by atoms with E-state index < -0.39 is 36.0 Å². The maximum atomic E-state index is 11.2. The minimum absolute atomic E-state index is 0.140. The van der Waals surface area contributed by atoms with Gasteiger partial charge in [-0.1, -0.05) is 6.58 Å². The lowest BCUT2D eigenvalue weighted by Gasteiger charge is -2.13. The summed E-state index contributed by atoms with van der Waals surface area (Å²) < 4.78 is 4.59. The van der Waals surface area contributed by atoms with E-state index in [1.165, 1.54) is 6.92 Å². The van der Waals surface area contributed by atoms with Gasteiger partial charge in [-0.2, -0.15) is 0 Å². The third-order valence-electron chi connectivity index (χ3n) is 1.99. The zero-order valence-electron chi connectivity index (χ0n) is 10.7. The molecule has 2 atom stereocenters. The Morgan fingerprint density at radius 2 is 1.75 bits per heavy atom. The number of ether oxygens (including phenoxy) is 1. The van der Waals surface area contributed by atoms with E-state index in [-0.39, 0.29) is 18.6 Å². The van der Waals surface area contributed by atoms with Crippen LogP contribution in [0.5, 0.6) is 0 Å². The van der Waals surface area contributed by atoms with Crippen LogP contribution in [0.15, 0.2) is 12.2 Å². The van der Waals surface area contributed by atoms with Gasteiger partial charge < -0.3 is 20.1 Å². The fourth-order valence-corrected chi connectivity index (χ4v) is 0.912. The number of carbonyl (C=O) groups is 4. The highest BCUT2D eigenvalue weighted by Crippen LogP contribution is 1.96. The first-order valence-corrected chi connectivity index (χ1v) is 5.42. The van der Waals surface area contributed by atoms with Crippen LogP contribution in [0.4, 0.5) is 0 Å². The predicted molar refractivity (Wildman–Crippen MR) is 63.2 cm³/mol. The van der Waals surface area contributed by atoms with Gasteiger partial charge in [0.1, 0.15) is 6.61 Å². The number of aliphatic hydroxyl groups excluding tert-OH is 2. The molecule has 0 rings (SSSR count). The second-order valence-corrected chi connectivity index (χ2v) is 3.81. The molecule has 9 heteroatoms. The maximum absolute atomic E-state index is 11.2. The predicted octanol–water partition coefficient (Wildman–Crippen LogP) is -2.05. The number of aliphatic hydroxyl groups is 2. The molecule has 0 aromatic heterocycles. The molecule has 0 spiro atoms. The summed E-state index contributed by atoms with van der Waals surface area (Å²) in [4.78, 5) is 43.7. The Morgan fingerprint density at radius 1 is 1.20 bits per heavy atom. The van der Waals surface area contributed by atoms with E-state index in [9.17, 15) is 19.2 Å². The number of imide groups is 1. The van der Waals surface area contributed by atoms with Gasteiger partial charge in [0.15, 0.2) is 12.2 Å². The van der Waals surface area contributed by atoms with E-state index in [0.29, 0.717) is 0 Å². The molecule has 9 nitrogen and oxygen atoms in total. The Morgan fingerprint density at radius 3 is 2.20 bits per heavy atom. The monoisotopic (exact) mass is 289 g/mol. The third-order valence-corrected chi connectivity index (χ3v) is 1.99. The molecule has 2 unspecified atom stereocenters. The van der Waals surface area contributed by atoms with E-state index >= 15 is 0 Å². The summed E-state index contributed by atoms with van der Waals surface area (Å²) in [7, 11) is 0. The van der Waals surface area contributed by atoms with Crippen molar-refractivity contribution in [2.24, 2.45) is 0 Å². The highest BCUT2D eigenvalue weighted by atomic mass is 16.5. The van der Waals surface area contributed by atoms with Gasteiger partial charge in [0.25, 0.3) is 5.91 Å². The molecule has 0 fully saturated rings. The number of nitrogens with one attached hydrogen (secondary N) is 1. The molecule has 112 valence electrons. The van der Waals surface area contributed by atoms with Crippen LogP contribution in [0, 0.1) is 0 Å². The van der Waals surface area contributed by atoms with Crippen molar-refractivity contribution in [2.45, 2.75) is 25.6 Å². The standard InChI is InChI=1S/C11H15NO8/c1-5(2)11(19)20-4-3-6(13)12-9(16)7(14)8(15)10(17)18/h7-8,14-15H,1,3-4H2,2H3,(H,17,18)(H,12,13,16). The lowest BCUT2D eigenvalue weighted by Crippen LogP contribution is -2.47. The fourth-order valence-electron chi connectivity index (χ4n) is 0.912. The quantitative estimate of drug-likeness (QED) is 0.309. The van der Waals surface area contributed by atoms with Crippen LogP contribution >= 0.6 is 0 Å². The van der Waals surface area contributed by atoms with Crippen LogP contribution in [-0.2, 0) is 23.9 Å². The maximum Gasteiger partial charge on any atom is 0.335 e. The molecular weight excluding hydrogens is 274 g/mol. The van der Waals surface area contributed by atoms with Crippen LogP contribution in [-0.4, -0.2) is 57.9 Å². The first kappa shape index (κ1) is 17.7. The average molecular weight is 289 g/mol. The SMILES string of the molecule is C=C(C)C(=O)OCCC(=O)NC(=O)C(O)C(O)C(=O)O. The summed E-state index contributed by atoms with van der Waals surface area (Å²) in [6.45, 7) is 4.41. The first-order chi connectivity index (χ1) is 9.16. The Hall–Kier alpha value is -2.26. The first-order valence-electron chi connectivity index (χ1n) is 5.42. The van der Waals surface area contributed by atoms with Crippen LogP contribution in [0.2, 0.25) is 0 Å². The van der Waals surface area contributed by atoms with E-state index in [2.05, 4.69) is 11.3 Å². The summed E-state index contributed by atoms with van der Waals surface area (Å²) in [5, 5.41) is 28.0. The molecule has 0 saturated carbocycles. The summed E-state index contributed by atoms with van der Waals surface area (Å²) in [6, 6.07) is 0. The molecular formula is C11H15NO8. The summed E-state index contributed by atoms with van der Waals surface area (Å²) in [6.07, 6.45) is -5.00. The van der Waals surface area contributed by atoms with Crippen molar-refractivity contribution in [3.63, 3.8) is 0 Å². The van der Waals surface area contributed by atoms with Crippen molar-refractivity contribution in [3.05, 3.63) is 12.2 Å². The molecule has 0 radical (unpaired) electrons. The van der Waals surface area contributed by atoms with Gasteiger partial charge in [-0.25, -0.2) is 9.59 Å². The molecule has 0 aliphatic heterocycles. The molecule has 0 saturated heterocycles. The van der Waals surface area contributed by atoms with Crippen molar-refractivity contribution in [1.29, 1.82) is 0 Å². The number of rotatable bonds is 7. The van der Waals surface area contributed by atoms with E-state index in [4.69, 9.17) is 15.3 Å². The number of aliphatic carboxylic acids is 1. The Kier molecular flexibility index (Phi) is 7.11. The number of esters is 1. The van der Waals surface area contributed by atoms with Gasteiger partial charge in [0.05, 0.1) is 6.42 Å². The zero-order chi connectivity index (χ0) is 15.9. The Bertz CT molecular complexity index is 430. The van der Waals surface area contributed by atoms with Crippen LogP contribution in [0.25, 0.3) is 0 Å². The van der Waals surface area contributed by atoms with E-state index in [1.807, 2.05) is 0 Å². The molecule has 4 N–H and O–H groups in total. The lowest BCUT2D eigenvalue weighted by molar-refractivity contribution is -0.159. The van der Waals surface area contributed by atoms with Crippen molar-refractivity contribution >= 4 is 23.8 Å². The molecule has 0 aromatic carbocycles. The minimum Gasteiger partial charge on any atom is -0.479 e. The van der Waals surface area contributed by atoms with Gasteiger partial charge >= 0.3 is 11.9 Å². The number of amides is 2. The van der Waals surface area contributed by atoms with Crippen molar-refractivity contribution in [2.75, 3.05) is 6.61 Å². The third kappa shape index (κ3) is 6.07. The zero-order valence-corrected chi connectivity index (χ0v) is 10.7. The van der Waals surface area contributed by atoms with Crippen LogP contribution in [0.1, 0.15) is 13.3 Å². The molecule has 0 aromatic rings. The number of carboxylic acid groups (broad SMARTS) is 1. The summed E-state index contributed by atoms with van der Waals surface area (Å²) in [5.74, 6) is -4.78. The molecule has 2 amide bonds. The Labute approximate surface area is 113 Å². The van der Waals surface area contributed by atoms with E-state index in [0.717, 1.165) is 0 Å². The van der Waals surface area contributed by atoms with Gasteiger partial charge in [0.2, 0.25) is 5.91 Å². The number of carboxylic acids is 1. The normalized spacial score (nSPS) is 12.9. The summed E-state index contributed by atoms with van der Waals surface area (Å²) in [5.41, 5.74) is 0.140. The molecule has 20 heavy (non-hydrogen) atoms. The summed E-state index contributed by atoms with van der Waals surface area (Å²) >= 11 is 0. The molecule has 0 aliphatic rings. The van der Waals surface area contributed by atoms with Crippen molar-refractivity contribution < 1.29 is 39.2 Å². The van der Waals surface area contributed by atoms with E-state index in [1.54, 1.807) is 5.32 Å². The Balaban J connectivity index is 4.15. The molecule has 0 heterocycles. The highest BCUT2D eigenvalue weighted by molar-refractivity contribution is 5.99. The van der Waals surface area contributed by atoms with Crippen molar-refractivity contribution in [1.82, 2.24) is 5.32 Å². The second-order valence-electron chi connectivity index (χ2n) is 3.81. The van der Waals surface area contributed by atoms with Crippen LogP contribution in [0.3, 0.4) is 0 Å². The average Bonchev–Trinajstić information content (AvgIpc) is 2.36. The van der Waals surface area contributed by atoms with Crippen LogP contribution < -0.4 is 5.32 Å². The van der Waals surface area contributed by atoms with Crippen molar-refractivity contribution in [3.8, 4) is 0 Å².